The van der Waals surface area contributed by atoms with Gasteiger partial charge in [-0.15, -0.1) is 11.3 Å². The minimum absolute atomic E-state index is 0.0470. The SMILES string of the molecule is Cc1ccc([N+](=O)[O-])cc1NC(=O)C[NH+](Cc1ccco1)Cc1cccs1. The van der Waals surface area contributed by atoms with E-state index in [0.29, 0.717) is 18.8 Å². The van der Waals surface area contributed by atoms with E-state index in [1.54, 1.807) is 30.6 Å². The van der Waals surface area contributed by atoms with E-state index < -0.39 is 4.92 Å². The molecule has 140 valence electrons. The number of nitro benzene ring substituents is 1. The molecule has 0 fully saturated rings. The number of anilines is 1. The molecule has 3 aromatic rings. The molecule has 0 aliphatic heterocycles. The van der Waals surface area contributed by atoms with Crippen LogP contribution in [0.1, 0.15) is 16.2 Å². The number of nitrogens with one attached hydrogen (secondary N) is 2. The second-order valence-corrected chi connectivity index (χ2v) is 7.28. The van der Waals surface area contributed by atoms with Crippen molar-refractivity contribution in [1.82, 2.24) is 0 Å². The number of nitro groups is 1. The number of amides is 1. The molecule has 2 aromatic heterocycles. The minimum Gasteiger partial charge on any atom is -0.463 e. The van der Waals surface area contributed by atoms with E-state index in [-0.39, 0.29) is 18.1 Å². The normalized spacial score (nSPS) is 11.9. The number of hydrogen-bond acceptors (Lipinski definition) is 5. The van der Waals surface area contributed by atoms with Gasteiger partial charge in [0.25, 0.3) is 11.6 Å². The van der Waals surface area contributed by atoms with Crippen molar-refractivity contribution in [2.24, 2.45) is 0 Å². The number of hydrogen-bond donors (Lipinski definition) is 2. The smallest absolute Gasteiger partial charge is 0.279 e. The van der Waals surface area contributed by atoms with Gasteiger partial charge in [-0.05, 0) is 36.1 Å². The van der Waals surface area contributed by atoms with Crippen molar-refractivity contribution < 1.29 is 19.0 Å². The zero-order chi connectivity index (χ0) is 19.2. The fourth-order valence-electron chi connectivity index (χ4n) is 2.79. The maximum atomic E-state index is 12.6. The standard InChI is InChI=1S/C19H19N3O4S/c1-14-6-7-15(22(24)25)10-18(14)20-19(23)13-21(11-16-4-2-8-26-16)12-17-5-3-9-27-17/h2-10H,11-13H2,1H3,(H,20,23)/p+1. The van der Waals surface area contributed by atoms with Crippen LogP contribution in [0.15, 0.2) is 58.5 Å². The molecule has 1 unspecified atom stereocenters. The zero-order valence-electron chi connectivity index (χ0n) is 14.8. The number of furan rings is 1. The van der Waals surface area contributed by atoms with Crippen LogP contribution in [0.3, 0.4) is 0 Å². The Bertz CT molecular complexity index is 871. The van der Waals surface area contributed by atoms with Gasteiger partial charge in [-0.25, -0.2) is 0 Å². The molecule has 7 nitrogen and oxygen atoms in total. The third-order valence-corrected chi connectivity index (χ3v) is 5.00. The summed E-state index contributed by atoms with van der Waals surface area (Å²) in [7, 11) is 0. The summed E-state index contributed by atoms with van der Waals surface area (Å²) in [5.74, 6) is 0.609. The Morgan fingerprint density at radius 1 is 1.26 bits per heavy atom. The number of nitrogens with zero attached hydrogens (tertiary/aromatic N) is 1. The number of non-ortho nitro benzene ring substituents is 1. The molecule has 0 radical (unpaired) electrons. The highest BCUT2D eigenvalue weighted by Crippen LogP contribution is 2.21. The molecule has 2 N–H and O–H groups in total. The first-order chi connectivity index (χ1) is 13.0. The highest BCUT2D eigenvalue weighted by molar-refractivity contribution is 7.09. The molecule has 0 saturated carbocycles. The number of thiophene rings is 1. The van der Waals surface area contributed by atoms with Crippen LogP contribution in [0, 0.1) is 17.0 Å². The van der Waals surface area contributed by atoms with Gasteiger partial charge >= 0.3 is 0 Å². The van der Waals surface area contributed by atoms with Gasteiger partial charge in [-0.2, -0.15) is 0 Å². The summed E-state index contributed by atoms with van der Waals surface area (Å²) in [5, 5.41) is 15.8. The van der Waals surface area contributed by atoms with E-state index in [0.717, 1.165) is 16.2 Å². The Balaban J connectivity index is 1.70. The summed E-state index contributed by atoms with van der Waals surface area (Å²) < 4.78 is 5.42. The second-order valence-electron chi connectivity index (χ2n) is 6.24. The van der Waals surface area contributed by atoms with Crippen LogP contribution in [0.4, 0.5) is 11.4 Å². The lowest BCUT2D eigenvalue weighted by atomic mass is 10.2. The summed E-state index contributed by atoms with van der Waals surface area (Å²) in [6.07, 6.45) is 1.62. The quantitative estimate of drug-likeness (QED) is 0.460. The van der Waals surface area contributed by atoms with E-state index in [1.807, 2.05) is 29.6 Å². The fraction of sp³-hybridized carbons (Fsp3) is 0.211. The van der Waals surface area contributed by atoms with Crippen LogP contribution in [0.2, 0.25) is 0 Å². The Labute approximate surface area is 160 Å². The lowest BCUT2D eigenvalue weighted by Gasteiger charge is -2.18. The summed E-state index contributed by atoms with van der Waals surface area (Å²) in [6.45, 7) is 3.30. The molecule has 1 atom stereocenters. The second kappa shape index (κ2) is 8.61. The highest BCUT2D eigenvalue weighted by atomic mass is 32.1. The number of aryl methyl sites for hydroxylation is 1. The van der Waals surface area contributed by atoms with Crippen molar-refractivity contribution in [2.45, 2.75) is 20.0 Å². The van der Waals surface area contributed by atoms with Gasteiger partial charge in [0, 0.05) is 12.1 Å². The summed E-state index contributed by atoms with van der Waals surface area (Å²) >= 11 is 1.64. The average molecular weight is 386 g/mol. The monoisotopic (exact) mass is 386 g/mol. The molecule has 0 saturated heterocycles. The van der Waals surface area contributed by atoms with Crippen molar-refractivity contribution in [3.8, 4) is 0 Å². The Morgan fingerprint density at radius 2 is 2.11 bits per heavy atom. The van der Waals surface area contributed by atoms with Crippen LogP contribution in [-0.2, 0) is 17.9 Å². The molecule has 1 amide bonds. The van der Waals surface area contributed by atoms with Crippen molar-refractivity contribution in [1.29, 1.82) is 0 Å². The maximum absolute atomic E-state index is 12.6. The molecule has 27 heavy (non-hydrogen) atoms. The molecule has 0 aliphatic rings. The minimum atomic E-state index is -0.472. The number of carbonyl (C=O) groups is 1. The molecule has 3 rings (SSSR count). The molecule has 0 aliphatic carbocycles. The molecule has 0 spiro atoms. The third kappa shape index (κ3) is 5.25. The van der Waals surface area contributed by atoms with Crippen LogP contribution < -0.4 is 10.2 Å². The molecule has 2 heterocycles. The lowest BCUT2D eigenvalue weighted by molar-refractivity contribution is -0.920. The van der Waals surface area contributed by atoms with Crippen LogP contribution in [-0.4, -0.2) is 17.4 Å². The van der Waals surface area contributed by atoms with E-state index in [1.165, 1.54) is 17.0 Å². The average Bonchev–Trinajstić information content (AvgIpc) is 3.30. The van der Waals surface area contributed by atoms with E-state index in [9.17, 15) is 14.9 Å². The maximum Gasteiger partial charge on any atom is 0.279 e. The Hall–Kier alpha value is -2.97. The van der Waals surface area contributed by atoms with Crippen LogP contribution >= 0.6 is 11.3 Å². The third-order valence-electron chi connectivity index (χ3n) is 4.13. The van der Waals surface area contributed by atoms with Crippen molar-refractivity contribution >= 4 is 28.6 Å². The van der Waals surface area contributed by atoms with Gasteiger partial charge in [0.05, 0.1) is 21.8 Å². The first kappa shape index (κ1) is 18.8. The molecular weight excluding hydrogens is 366 g/mol. The molecular formula is C19H20N3O4S+. The number of quaternary nitrogens is 1. The molecule has 0 bridgehead atoms. The van der Waals surface area contributed by atoms with Crippen LogP contribution in [0.5, 0.6) is 0 Å². The van der Waals surface area contributed by atoms with Gasteiger partial charge in [-0.1, -0.05) is 12.1 Å². The van der Waals surface area contributed by atoms with Gasteiger partial charge in [-0.3, -0.25) is 14.9 Å². The number of benzene rings is 1. The van der Waals surface area contributed by atoms with Crippen molar-refractivity contribution in [3.63, 3.8) is 0 Å². The fourth-order valence-corrected chi connectivity index (χ4v) is 3.56. The molecule has 1 aromatic carbocycles. The topological polar surface area (TPSA) is 89.8 Å². The van der Waals surface area contributed by atoms with Crippen LogP contribution in [0.25, 0.3) is 0 Å². The first-order valence-electron chi connectivity index (χ1n) is 8.44. The van der Waals surface area contributed by atoms with Gasteiger partial charge in [0.2, 0.25) is 0 Å². The van der Waals surface area contributed by atoms with Gasteiger partial charge in [0.1, 0.15) is 13.1 Å². The summed E-state index contributed by atoms with van der Waals surface area (Å²) in [6, 6.07) is 12.2. The summed E-state index contributed by atoms with van der Waals surface area (Å²) in [5.41, 5.74) is 1.19. The highest BCUT2D eigenvalue weighted by Gasteiger charge is 2.19. The van der Waals surface area contributed by atoms with Crippen molar-refractivity contribution in [3.05, 3.63) is 80.4 Å². The van der Waals surface area contributed by atoms with Gasteiger partial charge in [0.15, 0.2) is 12.3 Å². The number of carbonyl (C=O) groups excluding carboxylic acids is 1. The predicted octanol–water partition coefficient (Wildman–Crippen LogP) is 2.78. The van der Waals surface area contributed by atoms with E-state index in [4.69, 9.17) is 4.42 Å². The number of rotatable bonds is 8. The summed E-state index contributed by atoms with van der Waals surface area (Å²) in [4.78, 5) is 25.3. The lowest BCUT2D eigenvalue weighted by Crippen LogP contribution is -3.10. The van der Waals surface area contributed by atoms with E-state index in [2.05, 4.69) is 5.32 Å². The zero-order valence-corrected chi connectivity index (χ0v) is 15.6. The predicted molar refractivity (Wildman–Crippen MR) is 103 cm³/mol. The largest absolute Gasteiger partial charge is 0.463 e. The molecule has 8 heteroatoms. The van der Waals surface area contributed by atoms with E-state index >= 15 is 0 Å². The van der Waals surface area contributed by atoms with Crippen molar-refractivity contribution in [2.75, 3.05) is 11.9 Å². The Morgan fingerprint density at radius 3 is 2.78 bits per heavy atom. The Kier molecular flexibility index (Phi) is 6.00. The van der Waals surface area contributed by atoms with Gasteiger partial charge < -0.3 is 14.6 Å². The first-order valence-corrected chi connectivity index (χ1v) is 9.32.